The molecule has 0 aliphatic rings. The number of nitro groups is 1. The SMILES string of the molecule is COc1ccccc1NS(=O)(=O)c1cc([N+](=O)[O-])ccc1NN=C(C)c1c(F)cccc1F. The molecule has 0 radical (unpaired) electrons. The Kier molecular flexibility index (Phi) is 6.87. The van der Waals surface area contributed by atoms with E-state index < -0.39 is 42.7 Å². The summed E-state index contributed by atoms with van der Waals surface area (Å²) in [6.45, 7) is 1.32. The number of hydrogen-bond donors (Lipinski definition) is 2. The maximum Gasteiger partial charge on any atom is 0.270 e. The molecule has 0 amide bonds. The third-order valence-electron chi connectivity index (χ3n) is 4.49. The van der Waals surface area contributed by atoms with Crippen LogP contribution in [0.5, 0.6) is 5.75 Å². The Morgan fingerprint density at radius 2 is 1.70 bits per heavy atom. The van der Waals surface area contributed by atoms with E-state index in [2.05, 4.69) is 15.2 Å². The van der Waals surface area contributed by atoms with Crippen LogP contribution in [-0.4, -0.2) is 26.2 Å². The number of benzene rings is 3. The van der Waals surface area contributed by atoms with Crippen LogP contribution in [-0.2, 0) is 10.0 Å². The molecule has 3 aromatic carbocycles. The molecule has 33 heavy (non-hydrogen) atoms. The van der Waals surface area contributed by atoms with Crippen LogP contribution < -0.4 is 14.9 Å². The number of para-hydroxylation sites is 2. The first-order chi connectivity index (χ1) is 15.6. The summed E-state index contributed by atoms with van der Waals surface area (Å²) in [5.74, 6) is -1.48. The van der Waals surface area contributed by atoms with Crippen LogP contribution in [0.3, 0.4) is 0 Å². The number of ether oxygens (including phenoxy) is 1. The van der Waals surface area contributed by atoms with Gasteiger partial charge >= 0.3 is 0 Å². The zero-order valence-corrected chi connectivity index (χ0v) is 18.2. The van der Waals surface area contributed by atoms with Crippen molar-refractivity contribution in [3.05, 3.63) is 88.0 Å². The molecule has 0 saturated heterocycles. The highest BCUT2D eigenvalue weighted by Gasteiger charge is 2.24. The van der Waals surface area contributed by atoms with Crippen LogP contribution in [0, 0.1) is 21.7 Å². The molecular formula is C21H18F2N4O5S. The monoisotopic (exact) mass is 476 g/mol. The van der Waals surface area contributed by atoms with E-state index in [9.17, 15) is 27.3 Å². The number of nitrogens with one attached hydrogen (secondary N) is 2. The van der Waals surface area contributed by atoms with Crippen molar-refractivity contribution in [2.75, 3.05) is 17.3 Å². The second-order valence-corrected chi connectivity index (χ2v) is 8.30. The summed E-state index contributed by atoms with van der Waals surface area (Å²) in [7, 11) is -3.02. The quantitative estimate of drug-likeness (QED) is 0.280. The van der Waals surface area contributed by atoms with Gasteiger partial charge in [0.1, 0.15) is 22.3 Å². The van der Waals surface area contributed by atoms with Gasteiger partial charge in [-0.3, -0.25) is 20.3 Å². The molecule has 12 heteroatoms. The number of hydrogen-bond acceptors (Lipinski definition) is 7. The van der Waals surface area contributed by atoms with E-state index in [0.717, 1.165) is 30.3 Å². The highest BCUT2D eigenvalue weighted by Crippen LogP contribution is 2.31. The summed E-state index contributed by atoms with van der Waals surface area (Å²) in [5, 5.41) is 15.1. The van der Waals surface area contributed by atoms with E-state index in [-0.39, 0.29) is 22.8 Å². The normalized spacial score (nSPS) is 11.7. The molecule has 0 aliphatic carbocycles. The minimum atomic E-state index is -4.38. The Morgan fingerprint density at radius 3 is 2.33 bits per heavy atom. The molecule has 3 rings (SSSR count). The molecule has 0 aromatic heterocycles. The standard InChI is InChI=1S/C21H18F2N4O5S/c1-13(21-15(22)6-5-7-16(21)23)24-25-18-11-10-14(27(28)29)12-20(18)33(30,31)26-17-8-3-4-9-19(17)32-2/h3-12,25-26H,1-2H3. The fourth-order valence-electron chi connectivity index (χ4n) is 2.91. The van der Waals surface area contributed by atoms with E-state index in [4.69, 9.17) is 4.74 Å². The number of rotatable bonds is 8. The van der Waals surface area contributed by atoms with Gasteiger partial charge in [-0.05, 0) is 37.3 Å². The van der Waals surface area contributed by atoms with Gasteiger partial charge in [-0.15, -0.1) is 0 Å². The molecule has 172 valence electrons. The van der Waals surface area contributed by atoms with E-state index in [1.165, 1.54) is 32.2 Å². The Bertz CT molecular complexity index is 1330. The number of nitro benzene ring substituents is 1. The summed E-state index contributed by atoms with van der Waals surface area (Å²) in [6, 6.07) is 12.5. The van der Waals surface area contributed by atoms with Gasteiger partial charge in [0.05, 0.1) is 34.7 Å². The minimum Gasteiger partial charge on any atom is -0.495 e. The maximum absolute atomic E-state index is 14.0. The molecule has 0 fully saturated rings. The second kappa shape index (κ2) is 9.61. The van der Waals surface area contributed by atoms with Crippen LogP contribution >= 0.6 is 0 Å². The van der Waals surface area contributed by atoms with Crippen LogP contribution in [0.4, 0.5) is 25.8 Å². The van der Waals surface area contributed by atoms with Gasteiger partial charge in [0.2, 0.25) is 0 Å². The molecule has 3 aromatic rings. The first-order valence-electron chi connectivity index (χ1n) is 9.33. The molecule has 0 aliphatic heterocycles. The van der Waals surface area contributed by atoms with Gasteiger partial charge in [0.25, 0.3) is 15.7 Å². The van der Waals surface area contributed by atoms with Crippen LogP contribution in [0.2, 0.25) is 0 Å². The van der Waals surface area contributed by atoms with E-state index in [0.29, 0.717) is 0 Å². The summed E-state index contributed by atoms with van der Waals surface area (Å²) in [5.41, 5.74) is 1.39. The predicted molar refractivity (Wildman–Crippen MR) is 119 cm³/mol. The average molecular weight is 476 g/mol. The Hall–Kier alpha value is -4.06. The number of methoxy groups -OCH3 is 1. The number of halogens is 2. The van der Waals surface area contributed by atoms with Crippen molar-refractivity contribution >= 4 is 32.8 Å². The van der Waals surface area contributed by atoms with E-state index in [1.807, 2.05) is 0 Å². The van der Waals surface area contributed by atoms with Gasteiger partial charge in [-0.2, -0.15) is 5.10 Å². The Labute approximate surface area is 187 Å². The highest BCUT2D eigenvalue weighted by molar-refractivity contribution is 7.93. The fourth-order valence-corrected chi connectivity index (χ4v) is 4.16. The maximum atomic E-state index is 14.0. The second-order valence-electron chi connectivity index (χ2n) is 6.65. The first-order valence-corrected chi connectivity index (χ1v) is 10.8. The zero-order chi connectivity index (χ0) is 24.2. The average Bonchev–Trinajstić information content (AvgIpc) is 2.77. The largest absolute Gasteiger partial charge is 0.495 e. The lowest BCUT2D eigenvalue weighted by molar-refractivity contribution is -0.385. The van der Waals surface area contributed by atoms with Crippen molar-refractivity contribution < 1.29 is 26.9 Å². The van der Waals surface area contributed by atoms with Gasteiger partial charge in [-0.1, -0.05) is 18.2 Å². The fraction of sp³-hybridized carbons (Fsp3) is 0.0952. The van der Waals surface area contributed by atoms with Crippen molar-refractivity contribution in [3.63, 3.8) is 0 Å². The number of sulfonamides is 1. The lowest BCUT2D eigenvalue weighted by atomic mass is 10.1. The van der Waals surface area contributed by atoms with Gasteiger partial charge < -0.3 is 4.74 Å². The molecule has 0 spiro atoms. The lowest BCUT2D eigenvalue weighted by Gasteiger charge is -2.14. The summed E-state index contributed by atoms with van der Waals surface area (Å²) < 4.78 is 61.6. The molecule has 2 N–H and O–H groups in total. The lowest BCUT2D eigenvalue weighted by Crippen LogP contribution is -2.16. The third kappa shape index (κ3) is 5.23. The molecule has 0 atom stereocenters. The first kappa shape index (κ1) is 23.6. The molecule has 0 unspecified atom stereocenters. The molecule has 0 heterocycles. The third-order valence-corrected chi connectivity index (χ3v) is 5.89. The molecule has 0 bridgehead atoms. The topological polar surface area (TPSA) is 123 Å². The van der Waals surface area contributed by atoms with Gasteiger partial charge in [0.15, 0.2) is 0 Å². The van der Waals surface area contributed by atoms with Crippen molar-refractivity contribution in [1.82, 2.24) is 0 Å². The van der Waals surface area contributed by atoms with Crippen molar-refractivity contribution in [1.29, 1.82) is 0 Å². The van der Waals surface area contributed by atoms with Crippen LogP contribution in [0.15, 0.2) is 70.7 Å². The Morgan fingerprint density at radius 1 is 1.03 bits per heavy atom. The molecule has 0 saturated carbocycles. The van der Waals surface area contributed by atoms with Gasteiger partial charge in [0, 0.05) is 12.1 Å². The van der Waals surface area contributed by atoms with Crippen LogP contribution in [0.25, 0.3) is 0 Å². The van der Waals surface area contributed by atoms with Crippen molar-refractivity contribution in [2.45, 2.75) is 11.8 Å². The number of hydrazone groups is 1. The van der Waals surface area contributed by atoms with Crippen LogP contribution in [0.1, 0.15) is 12.5 Å². The number of non-ortho nitro benzene ring substituents is 1. The van der Waals surface area contributed by atoms with Crippen molar-refractivity contribution in [3.8, 4) is 5.75 Å². The molecule has 9 nitrogen and oxygen atoms in total. The zero-order valence-electron chi connectivity index (χ0n) is 17.4. The minimum absolute atomic E-state index is 0.102. The van der Waals surface area contributed by atoms with Crippen molar-refractivity contribution in [2.24, 2.45) is 5.10 Å². The number of anilines is 2. The Balaban J connectivity index is 2.04. The van der Waals surface area contributed by atoms with E-state index in [1.54, 1.807) is 12.1 Å². The predicted octanol–water partition coefficient (Wildman–Crippen LogP) is 4.52. The number of nitrogens with zero attached hydrogens (tertiary/aromatic N) is 2. The summed E-state index contributed by atoms with van der Waals surface area (Å²) in [6.07, 6.45) is 0. The smallest absolute Gasteiger partial charge is 0.270 e. The molecular weight excluding hydrogens is 458 g/mol. The summed E-state index contributed by atoms with van der Waals surface area (Å²) in [4.78, 5) is 9.95. The highest BCUT2D eigenvalue weighted by atomic mass is 32.2. The van der Waals surface area contributed by atoms with E-state index >= 15 is 0 Å². The van der Waals surface area contributed by atoms with Gasteiger partial charge in [-0.25, -0.2) is 17.2 Å². The summed E-state index contributed by atoms with van der Waals surface area (Å²) >= 11 is 0.